The van der Waals surface area contributed by atoms with Gasteiger partial charge in [-0.1, -0.05) is 19.3 Å². The smallest absolute Gasteiger partial charge is 0.249 e. The summed E-state index contributed by atoms with van der Waals surface area (Å²) in [6, 6.07) is -0.410. The summed E-state index contributed by atoms with van der Waals surface area (Å²) in [7, 11) is 0. The molecule has 2 heterocycles. The molecule has 1 N–H and O–H groups in total. The first kappa shape index (κ1) is 14.5. The van der Waals surface area contributed by atoms with Gasteiger partial charge in [-0.2, -0.15) is 0 Å². The number of amides is 2. The number of thiazole rings is 1. The minimum Gasteiger partial charge on any atom is -0.340 e. The van der Waals surface area contributed by atoms with Crippen LogP contribution in [0.3, 0.4) is 0 Å². The van der Waals surface area contributed by atoms with Crippen LogP contribution in [0, 0.1) is 6.92 Å². The predicted octanol–water partition coefficient (Wildman–Crippen LogP) is 2.00. The fourth-order valence-electron chi connectivity index (χ4n) is 3.34. The molecule has 2 amide bonds. The summed E-state index contributed by atoms with van der Waals surface area (Å²) in [6.07, 6.45) is 6.50. The van der Waals surface area contributed by atoms with E-state index in [4.69, 9.17) is 0 Å². The van der Waals surface area contributed by atoms with Gasteiger partial charge >= 0.3 is 0 Å². The number of aryl methyl sites for hydroxylation is 1. The molecule has 1 aliphatic carbocycles. The molecule has 1 aromatic rings. The predicted molar refractivity (Wildman–Crippen MR) is 80.8 cm³/mol. The Kier molecular flexibility index (Phi) is 3.73. The minimum absolute atomic E-state index is 0.0299. The van der Waals surface area contributed by atoms with Crippen LogP contribution in [0.2, 0.25) is 0 Å². The molecule has 1 atom stereocenters. The second-order valence-corrected chi connectivity index (χ2v) is 7.41. The number of piperazine rings is 1. The van der Waals surface area contributed by atoms with Crippen molar-refractivity contribution in [3.8, 4) is 0 Å². The van der Waals surface area contributed by atoms with Crippen LogP contribution in [0.1, 0.15) is 48.9 Å². The Balaban J connectivity index is 1.86. The summed E-state index contributed by atoms with van der Waals surface area (Å²) in [4.78, 5) is 32.3. The van der Waals surface area contributed by atoms with Crippen molar-refractivity contribution < 1.29 is 9.59 Å². The van der Waals surface area contributed by atoms with E-state index in [0.717, 1.165) is 42.0 Å². The fourth-order valence-corrected chi connectivity index (χ4v) is 4.13. The van der Waals surface area contributed by atoms with E-state index in [0.29, 0.717) is 6.54 Å². The van der Waals surface area contributed by atoms with Crippen molar-refractivity contribution in [1.82, 2.24) is 15.2 Å². The monoisotopic (exact) mass is 307 g/mol. The third-order valence-corrected chi connectivity index (χ3v) is 5.48. The molecular weight excluding hydrogens is 286 g/mol. The Labute approximate surface area is 128 Å². The highest BCUT2D eigenvalue weighted by molar-refractivity contribution is 7.11. The number of hydrogen-bond donors (Lipinski definition) is 1. The van der Waals surface area contributed by atoms with Crippen LogP contribution in [-0.2, 0) is 16.1 Å². The van der Waals surface area contributed by atoms with Crippen LogP contribution >= 0.6 is 11.3 Å². The zero-order valence-electron chi connectivity index (χ0n) is 12.5. The molecule has 0 aromatic carbocycles. The molecule has 2 fully saturated rings. The molecule has 3 rings (SSSR count). The fraction of sp³-hybridized carbons (Fsp3) is 0.667. The van der Waals surface area contributed by atoms with Crippen LogP contribution in [0.15, 0.2) is 6.20 Å². The van der Waals surface area contributed by atoms with E-state index in [9.17, 15) is 9.59 Å². The first-order valence-electron chi connectivity index (χ1n) is 7.56. The first-order chi connectivity index (χ1) is 10.0. The number of carbonyl (C=O) groups is 2. The van der Waals surface area contributed by atoms with Gasteiger partial charge in [0.15, 0.2) is 0 Å². The zero-order valence-corrected chi connectivity index (χ0v) is 13.3. The number of rotatable bonds is 2. The molecule has 0 bridgehead atoms. The second kappa shape index (κ2) is 5.40. The first-order valence-corrected chi connectivity index (χ1v) is 8.38. The number of hydrogen-bond acceptors (Lipinski definition) is 4. The maximum Gasteiger partial charge on any atom is 0.249 e. The van der Waals surface area contributed by atoms with Gasteiger partial charge in [-0.25, -0.2) is 4.98 Å². The number of carbonyl (C=O) groups excluding carboxylic acids is 2. The highest BCUT2D eigenvalue weighted by Gasteiger charge is 2.49. The van der Waals surface area contributed by atoms with Gasteiger partial charge in [0.05, 0.1) is 11.6 Å². The molecule has 1 aromatic heterocycles. The van der Waals surface area contributed by atoms with E-state index < -0.39 is 11.6 Å². The van der Waals surface area contributed by atoms with E-state index in [1.54, 1.807) is 29.4 Å². The summed E-state index contributed by atoms with van der Waals surface area (Å²) in [5.41, 5.74) is -0.651. The van der Waals surface area contributed by atoms with Crippen molar-refractivity contribution in [3.05, 3.63) is 16.1 Å². The molecule has 1 saturated heterocycles. The molecule has 1 saturated carbocycles. The van der Waals surface area contributed by atoms with Gasteiger partial charge in [0.1, 0.15) is 11.6 Å². The van der Waals surface area contributed by atoms with E-state index in [1.807, 2.05) is 6.92 Å². The normalized spacial score (nSPS) is 25.2. The van der Waals surface area contributed by atoms with Crippen molar-refractivity contribution >= 4 is 23.2 Å². The standard InChI is InChI=1S/C15H21N3O2S/c1-10-13(19)17-15(6-4-3-5-7-15)14(20)18(10)9-12-8-16-11(2)21-12/h8,10H,3-7,9H2,1-2H3,(H,17,19). The van der Waals surface area contributed by atoms with Gasteiger partial charge in [-0.15, -0.1) is 11.3 Å². The summed E-state index contributed by atoms with van der Waals surface area (Å²) < 4.78 is 0. The Morgan fingerprint density at radius 3 is 2.71 bits per heavy atom. The van der Waals surface area contributed by atoms with Crippen LogP contribution in [0.25, 0.3) is 0 Å². The second-order valence-electron chi connectivity index (χ2n) is 6.09. The molecule has 2 aliphatic rings. The van der Waals surface area contributed by atoms with Crippen LogP contribution in [-0.4, -0.2) is 33.3 Å². The Bertz CT molecular complexity index is 563. The van der Waals surface area contributed by atoms with E-state index in [1.165, 1.54) is 0 Å². The Hall–Kier alpha value is -1.43. The topological polar surface area (TPSA) is 62.3 Å². The molecule has 1 aliphatic heterocycles. The lowest BCUT2D eigenvalue weighted by atomic mass is 9.78. The molecule has 21 heavy (non-hydrogen) atoms. The zero-order chi connectivity index (χ0) is 15.0. The van der Waals surface area contributed by atoms with Crippen molar-refractivity contribution in [3.63, 3.8) is 0 Å². The average molecular weight is 307 g/mol. The minimum atomic E-state index is -0.651. The third-order valence-electron chi connectivity index (χ3n) is 4.58. The SMILES string of the molecule is Cc1ncc(CN2C(=O)C3(CCCCC3)NC(=O)C2C)s1. The Morgan fingerprint density at radius 1 is 1.38 bits per heavy atom. The van der Waals surface area contributed by atoms with Crippen molar-refractivity contribution in [2.45, 2.75) is 64.1 Å². The summed E-state index contributed by atoms with van der Waals surface area (Å²) in [5, 5.41) is 3.99. The lowest BCUT2D eigenvalue weighted by molar-refractivity contribution is -0.156. The maximum atomic E-state index is 13.0. The highest BCUT2D eigenvalue weighted by atomic mass is 32.1. The molecule has 6 heteroatoms. The molecule has 1 unspecified atom stereocenters. The lowest BCUT2D eigenvalue weighted by Gasteiger charge is -2.46. The van der Waals surface area contributed by atoms with Crippen LogP contribution < -0.4 is 5.32 Å². The van der Waals surface area contributed by atoms with Gasteiger partial charge in [-0.05, 0) is 26.7 Å². The van der Waals surface area contributed by atoms with Gasteiger partial charge in [0, 0.05) is 11.1 Å². The molecule has 114 valence electrons. The highest BCUT2D eigenvalue weighted by Crippen LogP contribution is 2.34. The maximum absolute atomic E-state index is 13.0. The van der Waals surface area contributed by atoms with E-state index >= 15 is 0 Å². The summed E-state index contributed by atoms with van der Waals surface area (Å²) in [5.74, 6) is 0.0538. The quantitative estimate of drug-likeness (QED) is 0.909. The van der Waals surface area contributed by atoms with Gasteiger partial charge in [-0.3, -0.25) is 9.59 Å². The van der Waals surface area contributed by atoms with Gasteiger partial charge in [0.2, 0.25) is 11.8 Å². The average Bonchev–Trinajstić information content (AvgIpc) is 2.88. The van der Waals surface area contributed by atoms with Gasteiger partial charge in [0.25, 0.3) is 0 Å². The van der Waals surface area contributed by atoms with Gasteiger partial charge < -0.3 is 10.2 Å². The molecular formula is C15H21N3O2S. The molecule has 1 spiro atoms. The number of aromatic nitrogens is 1. The van der Waals surface area contributed by atoms with Crippen LogP contribution in [0.4, 0.5) is 0 Å². The largest absolute Gasteiger partial charge is 0.340 e. The molecule has 5 nitrogen and oxygen atoms in total. The third kappa shape index (κ3) is 2.57. The van der Waals surface area contributed by atoms with E-state index in [-0.39, 0.29) is 11.8 Å². The Morgan fingerprint density at radius 2 is 2.10 bits per heavy atom. The van der Waals surface area contributed by atoms with Crippen LogP contribution in [0.5, 0.6) is 0 Å². The molecule has 0 radical (unpaired) electrons. The summed E-state index contributed by atoms with van der Waals surface area (Å²) >= 11 is 1.59. The summed E-state index contributed by atoms with van der Waals surface area (Å²) in [6.45, 7) is 4.24. The van der Waals surface area contributed by atoms with Crippen molar-refractivity contribution in [2.75, 3.05) is 0 Å². The lowest BCUT2D eigenvalue weighted by Crippen LogP contribution is -2.69. The van der Waals surface area contributed by atoms with Crippen molar-refractivity contribution in [2.24, 2.45) is 0 Å². The van der Waals surface area contributed by atoms with Crippen molar-refractivity contribution in [1.29, 1.82) is 0 Å². The number of nitrogens with one attached hydrogen (secondary N) is 1. The number of nitrogens with zero attached hydrogens (tertiary/aromatic N) is 2. The van der Waals surface area contributed by atoms with E-state index in [2.05, 4.69) is 10.3 Å².